The van der Waals surface area contributed by atoms with Crippen molar-refractivity contribution in [1.29, 1.82) is 0 Å². The number of anilines is 1. The molecule has 0 N–H and O–H groups in total. The fourth-order valence-electron chi connectivity index (χ4n) is 2.69. The quantitative estimate of drug-likeness (QED) is 0.793. The Balaban J connectivity index is 2.09. The number of likely N-dealkylation sites (tertiary alicyclic amines) is 1. The van der Waals surface area contributed by atoms with E-state index in [0.717, 1.165) is 43.9 Å². The largest absolute Gasteiger partial charge is 0.356 e. The summed E-state index contributed by atoms with van der Waals surface area (Å²) in [6.07, 6.45) is 3.50. The van der Waals surface area contributed by atoms with Crippen LogP contribution in [0.2, 0.25) is 0 Å². The maximum absolute atomic E-state index is 13.2. The zero-order valence-electron chi connectivity index (χ0n) is 11.6. The number of piperidine rings is 1. The van der Waals surface area contributed by atoms with Crippen LogP contribution in [0, 0.1) is 5.82 Å². The van der Waals surface area contributed by atoms with Crippen LogP contribution in [0.1, 0.15) is 25.3 Å². The van der Waals surface area contributed by atoms with Gasteiger partial charge in [0.05, 0.1) is 12.1 Å². The van der Waals surface area contributed by atoms with Crippen molar-refractivity contribution in [3.63, 3.8) is 0 Å². The van der Waals surface area contributed by atoms with E-state index in [4.69, 9.17) is 11.6 Å². The fraction of sp³-hybridized carbons (Fsp3) is 0.643. The van der Waals surface area contributed by atoms with Gasteiger partial charge < -0.3 is 9.80 Å². The first-order chi connectivity index (χ1) is 9.15. The van der Waals surface area contributed by atoms with E-state index in [0.29, 0.717) is 6.04 Å². The Morgan fingerprint density at radius 1 is 1.47 bits per heavy atom. The summed E-state index contributed by atoms with van der Waals surface area (Å²) >= 11 is 5.89. The molecule has 1 saturated heterocycles. The Morgan fingerprint density at radius 2 is 2.16 bits per heavy atom. The van der Waals surface area contributed by atoms with Crippen LogP contribution in [0.5, 0.6) is 0 Å². The highest BCUT2D eigenvalue weighted by molar-refractivity contribution is 6.17. The van der Waals surface area contributed by atoms with Crippen molar-refractivity contribution in [3.8, 4) is 0 Å². The SMILES string of the molecule is CCN1CCC(N(C)c2ncc(F)cc2CCl)CC1. The number of halogens is 2. The van der Waals surface area contributed by atoms with Crippen molar-refractivity contribution in [2.45, 2.75) is 31.7 Å². The molecule has 106 valence electrons. The summed E-state index contributed by atoms with van der Waals surface area (Å²) in [5.74, 6) is 0.776. The fourth-order valence-corrected chi connectivity index (χ4v) is 2.88. The molecule has 19 heavy (non-hydrogen) atoms. The first-order valence-electron chi connectivity index (χ1n) is 6.81. The van der Waals surface area contributed by atoms with Gasteiger partial charge in [-0.2, -0.15) is 0 Å². The molecule has 0 amide bonds. The third-order valence-electron chi connectivity index (χ3n) is 3.94. The topological polar surface area (TPSA) is 19.4 Å². The van der Waals surface area contributed by atoms with Gasteiger partial charge in [0.15, 0.2) is 0 Å². The van der Waals surface area contributed by atoms with Gasteiger partial charge in [0.1, 0.15) is 11.6 Å². The molecule has 0 spiro atoms. The van der Waals surface area contributed by atoms with E-state index in [1.807, 2.05) is 7.05 Å². The summed E-state index contributed by atoms with van der Waals surface area (Å²) < 4.78 is 13.2. The van der Waals surface area contributed by atoms with Crippen molar-refractivity contribution < 1.29 is 4.39 Å². The first-order valence-corrected chi connectivity index (χ1v) is 7.34. The number of nitrogens with zero attached hydrogens (tertiary/aromatic N) is 3. The molecule has 0 saturated carbocycles. The zero-order chi connectivity index (χ0) is 13.8. The van der Waals surface area contributed by atoms with Crippen molar-refractivity contribution >= 4 is 17.4 Å². The molecule has 0 radical (unpaired) electrons. The molecule has 5 heteroatoms. The van der Waals surface area contributed by atoms with Crippen LogP contribution >= 0.6 is 11.6 Å². The first kappa shape index (κ1) is 14.5. The molecule has 0 aliphatic carbocycles. The maximum Gasteiger partial charge on any atom is 0.141 e. The van der Waals surface area contributed by atoms with E-state index in [2.05, 4.69) is 21.7 Å². The van der Waals surface area contributed by atoms with E-state index < -0.39 is 0 Å². The molecule has 3 nitrogen and oxygen atoms in total. The van der Waals surface area contributed by atoms with Crippen LogP contribution in [-0.4, -0.2) is 42.6 Å². The van der Waals surface area contributed by atoms with Crippen LogP contribution in [-0.2, 0) is 5.88 Å². The summed E-state index contributed by atoms with van der Waals surface area (Å²) in [6.45, 7) is 5.53. The van der Waals surface area contributed by atoms with Crippen LogP contribution in [0.3, 0.4) is 0 Å². The summed E-state index contributed by atoms with van der Waals surface area (Å²) in [6, 6.07) is 1.94. The van der Waals surface area contributed by atoms with E-state index in [1.54, 1.807) is 0 Å². The number of hydrogen-bond donors (Lipinski definition) is 0. The Bertz CT molecular complexity index is 419. The molecule has 0 bridgehead atoms. The number of hydrogen-bond acceptors (Lipinski definition) is 3. The lowest BCUT2D eigenvalue weighted by Gasteiger charge is -2.37. The lowest BCUT2D eigenvalue weighted by Crippen LogP contribution is -2.43. The lowest BCUT2D eigenvalue weighted by atomic mass is 10.0. The summed E-state index contributed by atoms with van der Waals surface area (Å²) in [7, 11) is 2.03. The van der Waals surface area contributed by atoms with Crippen molar-refractivity contribution in [2.75, 3.05) is 31.6 Å². The molecule has 1 aliphatic rings. The normalized spacial score (nSPS) is 17.7. The zero-order valence-corrected chi connectivity index (χ0v) is 12.3. The smallest absolute Gasteiger partial charge is 0.141 e. The van der Waals surface area contributed by atoms with Gasteiger partial charge in [0.2, 0.25) is 0 Å². The summed E-state index contributed by atoms with van der Waals surface area (Å²) in [5.41, 5.74) is 0.766. The van der Waals surface area contributed by atoms with Crippen LogP contribution < -0.4 is 4.90 Å². The van der Waals surface area contributed by atoms with Crippen LogP contribution in [0.25, 0.3) is 0 Å². The van der Waals surface area contributed by atoms with Crippen LogP contribution in [0.15, 0.2) is 12.3 Å². The minimum Gasteiger partial charge on any atom is -0.356 e. The molecular formula is C14H21ClFN3. The van der Waals surface area contributed by atoms with Crippen molar-refractivity contribution in [1.82, 2.24) is 9.88 Å². The summed E-state index contributed by atoms with van der Waals surface area (Å²) in [4.78, 5) is 8.82. The van der Waals surface area contributed by atoms with E-state index >= 15 is 0 Å². The summed E-state index contributed by atoms with van der Waals surface area (Å²) in [5, 5.41) is 0. The van der Waals surface area contributed by atoms with Crippen molar-refractivity contribution in [2.24, 2.45) is 0 Å². The second kappa shape index (κ2) is 6.53. The van der Waals surface area contributed by atoms with E-state index in [9.17, 15) is 4.39 Å². The van der Waals surface area contributed by atoms with Crippen molar-refractivity contribution in [3.05, 3.63) is 23.6 Å². The third-order valence-corrected chi connectivity index (χ3v) is 4.23. The standard InChI is InChI=1S/C14H21ClFN3/c1-3-19-6-4-13(5-7-19)18(2)14-11(9-15)8-12(16)10-17-14/h8,10,13H,3-7,9H2,1-2H3. The predicted molar refractivity (Wildman–Crippen MR) is 77.3 cm³/mol. The van der Waals surface area contributed by atoms with Gasteiger partial charge in [0, 0.05) is 31.7 Å². The average Bonchev–Trinajstić information content (AvgIpc) is 2.46. The maximum atomic E-state index is 13.2. The molecule has 1 aromatic heterocycles. The van der Waals surface area contributed by atoms with E-state index in [-0.39, 0.29) is 11.7 Å². The number of aromatic nitrogens is 1. The highest BCUT2D eigenvalue weighted by Crippen LogP contribution is 2.25. The van der Waals surface area contributed by atoms with Gasteiger partial charge in [-0.05, 0) is 25.5 Å². The van der Waals surface area contributed by atoms with Gasteiger partial charge in [-0.1, -0.05) is 6.92 Å². The second-order valence-corrected chi connectivity index (χ2v) is 5.31. The Hall–Kier alpha value is -0.870. The molecule has 0 atom stereocenters. The monoisotopic (exact) mass is 285 g/mol. The molecule has 1 fully saturated rings. The number of alkyl halides is 1. The lowest BCUT2D eigenvalue weighted by molar-refractivity contribution is 0.220. The van der Waals surface area contributed by atoms with Gasteiger partial charge in [-0.25, -0.2) is 9.37 Å². The Kier molecular flexibility index (Phi) is 4.99. The Morgan fingerprint density at radius 3 is 2.74 bits per heavy atom. The van der Waals surface area contributed by atoms with E-state index in [1.165, 1.54) is 12.3 Å². The number of rotatable bonds is 4. The molecule has 2 heterocycles. The third kappa shape index (κ3) is 3.37. The van der Waals surface area contributed by atoms with Gasteiger partial charge in [-0.15, -0.1) is 11.6 Å². The minimum atomic E-state index is -0.325. The van der Waals surface area contributed by atoms with Gasteiger partial charge in [0.25, 0.3) is 0 Å². The highest BCUT2D eigenvalue weighted by Gasteiger charge is 2.23. The predicted octanol–water partition coefficient (Wildman–Crippen LogP) is 2.88. The molecule has 1 aromatic rings. The molecule has 1 aliphatic heterocycles. The highest BCUT2D eigenvalue weighted by atomic mass is 35.5. The number of pyridine rings is 1. The average molecular weight is 286 g/mol. The van der Waals surface area contributed by atoms with Gasteiger partial charge in [-0.3, -0.25) is 0 Å². The minimum absolute atomic E-state index is 0.290. The Labute approximate surface area is 119 Å². The molecular weight excluding hydrogens is 265 g/mol. The van der Waals surface area contributed by atoms with Gasteiger partial charge >= 0.3 is 0 Å². The molecule has 0 aromatic carbocycles. The van der Waals surface area contributed by atoms with Crippen LogP contribution in [0.4, 0.5) is 10.2 Å². The molecule has 0 unspecified atom stereocenters. The molecule has 2 rings (SSSR count). The second-order valence-electron chi connectivity index (χ2n) is 5.05.